The maximum atomic E-state index is 13.5. The van der Waals surface area contributed by atoms with Gasteiger partial charge in [0.1, 0.15) is 5.78 Å². The average molecular weight is 265 g/mol. The van der Waals surface area contributed by atoms with Gasteiger partial charge in [-0.1, -0.05) is 6.07 Å². The average Bonchev–Trinajstić information content (AvgIpc) is 2.40. The molecule has 1 saturated heterocycles. The van der Waals surface area contributed by atoms with Gasteiger partial charge in [0.2, 0.25) is 0 Å². The van der Waals surface area contributed by atoms with Crippen LogP contribution in [0.4, 0.5) is 4.39 Å². The maximum Gasteiger partial charge on any atom is 0.165 e. The molecule has 0 amide bonds. The summed E-state index contributed by atoms with van der Waals surface area (Å²) >= 11 is 0. The molecule has 1 aromatic carbocycles. The lowest BCUT2D eigenvalue weighted by atomic mass is 9.92. The van der Waals surface area contributed by atoms with Crippen LogP contribution in [0.3, 0.4) is 0 Å². The minimum Gasteiger partial charge on any atom is -0.494 e. The van der Waals surface area contributed by atoms with Gasteiger partial charge < -0.3 is 10.1 Å². The minimum atomic E-state index is -0.410. The number of methoxy groups -OCH3 is 1. The van der Waals surface area contributed by atoms with E-state index in [4.69, 9.17) is 4.74 Å². The van der Waals surface area contributed by atoms with Gasteiger partial charge in [-0.3, -0.25) is 4.79 Å². The Morgan fingerprint density at radius 1 is 1.53 bits per heavy atom. The molecule has 1 unspecified atom stereocenters. The largest absolute Gasteiger partial charge is 0.494 e. The van der Waals surface area contributed by atoms with Gasteiger partial charge in [-0.2, -0.15) is 0 Å². The molecule has 1 aliphatic rings. The molecule has 0 aliphatic carbocycles. The summed E-state index contributed by atoms with van der Waals surface area (Å²) in [6.45, 7) is 1.97. The van der Waals surface area contributed by atoms with Gasteiger partial charge in [-0.25, -0.2) is 4.39 Å². The lowest BCUT2D eigenvalue weighted by molar-refractivity contribution is -0.119. The monoisotopic (exact) mass is 265 g/mol. The minimum absolute atomic E-state index is 0.179. The molecule has 2 rings (SSSR count). The molecule has 0 spiro atoms. The molecule has 1 aromatic rings. The number of hydrogen-bond donors (Lipinski definition) is 1. The Morgan fingerprint density at radius 2 is 2.37 bits per heavy atom. The second-order valence-corrected chi connectivity index (χ2v) is 5.10. The quantitative estimate of drug-likeness (QED) is 0.888. The number of rotatable bonds is 5. The summed E-state index contributed by atoms with van der Waals surface area (Å²) in [5.74, 6) is 0.419. The molecule has 4 heteroatoms. The van der Waals surface area contributed by atoms with E-state index < -0.39 is 5.82 Å². The third-order valence-electron chi connectivity index (χ3n) is 3.53. The number of hydrogen-bond acceptors (Lipinski definition) is 3. The summed E-state index contributed by atoms with van der Waals surface area (Å²) in [6, 6.07) is 4.70. The fourth-order valence-electron chi connectivity index (χ4n) is 2.54. The number of carbonyl (C=O) groups excluding carboxylic acids is 1. The van der Waals surface area contributed by atoms with E-state index in [0.29, 0.717) is 24.3 Å². The number of nitrogens with one attached hydrogen (secondary N) is 1. The summed E-state index contributed by atoms with van der Waals surface area (Å²) < 4.78 is 18.4. The first-order valence-electron chi connectivity index (χ1n) is 6.74. The molecule has 1 fully saturated rings. The molecular formula is C15H20FNO2. The molecule has 0 saturated carbocycles. The van der Waals surface area contributed by atoms with Crippen molar-refractivity contribution in [3.8, 4) is 5.75 Å². The Kier molecular flexibility index (Phi) is 4.91. The molecule has 1 aliphatic heterocycles. The number of ketones is 1. The molecule has 1 heterocycles. The van der Waals surface area contributed by atoms with Crippen molar-refractivity contribution in [2.75, 3.05) is 20.2 Å². The molecule has 19 heavy (non-hydrogen) atoms. The first-order valence-corrected chi connectivity index (χ1v) is 6.74. The van der Waals surface area contributed by atoms with E-state index >= 15 is 0 Å². The molecule has 0 aromatic heterocycles. The highest BCUT2D eigenvalue weighted by molar-refractivity contribution is 5.81. The molecule has 1 atom stereocenters. The molecule has 104 valence electrons. The Bertz CT molecular complexity index is 442. The predicted molar refractivity (Wildman–Crippen MR) is 71.9 cm³/mol. The van der Waals surface area contributed by atoms with Gasteiger partial charge in [-0.15, -0.1) is 0 Å². The van der Waals surface area contributed by atoms with Gasteiger partial charge in [0, 0.05) is 12.8 Å². The predicted octanol–water partition coefficient (Wildman–Crippen LogP) is 2.34. The zero-order valence-corrected chi connectivity index (χ0v) is 11.2. The molecule has 0 bridgehead atoms. The number of carbonyl (C=O) groups is 1. The van der Waals surface area contributed by atoms with Crippen LogP contribution in [0.1, 0.15) is 24.8 Å². The Labute approximate surface area is 113 Å². The van der Waals surface area contributed by atoms with Crippen LogP contribution in [0.15, 0.2) is 18.2 Å². The van der Waals surface area contributed by atoms with Gasteiger partial charge in [0.05, 0.1) is 7.11 Å². The number of benzene rings is 1. The normalized spacial score (nSPS) is 19.2. The van der Waals surface area contributed by atoms with Crippen LogP contribution >= 0.6 is 0 Å². The third kappa shape index (κ3) is 4.03. The van der Waals surface area contributed by atoms with Crippen LogP contribution in [0.5, 0.6) is 5.75 Å². The lowest BCUT2D eigenvalue weighted by Gasteiger charge is -2.21. The standard InChI is InChI=1S/C15H20FNO2/c1-19-15-5-4-11(9-14(15)16)7-13(18)8-12-3-2-6-17-10-12/h4-5,9,12,17H,2-3,6-8,10H2,1H3. The highest BCUT2D eigenvalue weighted by Crippen LogP contribution is 2.20. The van der Waals surface area contributed by atoms with Crippen LogP contribution < -0.4 is 10.1 Å². The van der Waals surface area contributed by atoms with Crippen molar-refractivity contribution < 1.29 is 13.9 Å². The van der Waals surface area contributed by atoms with Crippen LogP contribution in [0.25, 0.3) is 0 Å². The van der Waals surface area contributed by atoms with E-state index in [2.05, 4.69) is 5.32 Å². The summed E-state index contributed by atoms with van der Waals surface area (Å²) in [4.78, 5) is 12.0. The lowest BCUT2D eigenvalue weighted by Crippen LogP contribution is -2.31. The van der Waals surface area contributed by atoms with Crippen molar-refractivity contribution >= 4 is 5.78 Å². The van der Waals surface area contributed by atoms with Gasteiger partial charge in [0.25, 0.3) is 0 Å². The van der Waals surface area contributed by atoms with Crippen molar-refractivity contribution in [1.29, 1.82) is 0 Å². The summed E-state index contributed by atoms with van der Waals surface area (Å²) in [6.07, 6.45) is 3.13. The smallest absolute Gasteiger partial charge is 0.165 e. The second-order valence-electron chi connectivity index (χ2n) is 5.10. The first-order chi connectivity index (χ1) is 9.19. The third-order valence-corrected chi connectivity index (χ3v) is 3.53. The zero-order valence-electron chi connectivity index (χ0n) is 11.2. The fraction of sp³-hybridized carbons (Fsp3) is 0.533. The van der Waals surface area contributed by atoms with E-state index in [0.717, 1.165) is 25.9 Å². The van der Waals surface area contributed by atoms with E-state index in [9.17, 15) is 9.18 Å². The molecule has 3 nitrogen and oxygen atoms in total. The Balaban J connectivity index is 1.89. The molecule has 0 radical (unpaired) electrons. The van der Waals surface area contributed by atoms with Crippen molar-refractivity contribution in [3.63, 3.8) is 0 Å². The highest BCUT2D eigenvalue weighted by Gasteiger charge is 2.17. The number of halogens is 1. The number of ether oxygens (including phenoxy) is 1. The van der Waals surface area contributed by atoms with Crippen LogP contribution in [-0.4, -0.2) is 26.0 Å². The van der Waals surface area contributed by atoms with E-state index in [1.165, 1.54) is 13.2 Å². The second kappa shape index (κ2) is 6.66. The van der Waals surface area contributed by atoms with Crippen LogP contribution in [0, 0.1) is 11.7 Å². The van der Waals surface area contributed by atoms with E-state index in [-0.39, 0.29) is 11.5 Å². The summed E-state index contributed by atoms with van der Waals surface area (Å²) in [5.41, 5.74) is 0.715. The SMILES string of the molecule is COc1ccc(CC(=O)CC2CCCNC2)cc1F. The van der Waals surface area contributed by atoms with E-state index in [1.807, 2.05) is 0 Å². The van der Waals surface area contributed by atoms with Gasteiger partial charge in [-0.05, 0) is 49.5 Å². The van der Waals surface area contributed by atoms with Crippen LogP contribution in [0.2, 0.25) is 0 Å². The van der Waals surface area contributed by atoms with Crippen molar-refractivity contribution in [1.82, 2.24) is 5.32 Å². The molecule has 1 N–H and O–H groups in total. The highest BCUT2D eigenvalue weighted by atomic mass is 19.1. The van der Waals surface area contributed by atoms with Crippen molar-refractivity contribution in [2.24, 2.45) is 5.92 Å². The first kappa shape index (κ1) is 14.0. The number of piperidine rings is 1. The molecular weight excluding hydrogens is 245 g/mol. The van der Waals surface area contributed by atoms with E-state index in [1.54, 1.807) is 12.1 Å². The van der Waals surface area contributed by atoms with Crippen molar-refractivity contribution in [3.05, 3.63) is 29.6 Å². The maximum absolute atomic E-state index is 13.5. The Morgan fingerprint density at radius 3 is 3.00 bits per heavy atom. The summed E-state index contributed by atoms with van der Waals surface area (Å²) in [7, 11) is 1.43. The fourth-order valence-corrected chi connectivity index (χ4v) is 2.54. The number of Topliss-reactive ketones (excluding diaryl/α,β-unsaturated/α-hetero) is 1. The Hall–Kier alpha value is -1.42. The van der Waals surface area contributed by atoms with Crippen LogP contribution in [-0.2, 0) is 11.2 Å². The summed E-state index contributed by atoms with van der Waals surface area (Å²) in [5, 5.41) is 3.30. The zero-order chi connectivity index (χ0) is 13.7. The topological polar surface area (TPSA) is 38.3 Å². The van der Waals surface area contributed by atoms with Gasteiger partial charge in [0.15, 0.2) is 11.6 Å². The van der Waals surface area contributed by atoms with Crippen molar-refractivity contribution in [2.45, 2.75) is 25.7 Å². The van der Waals surface area contributed by atoms with Gasteiger partial charge >= 0.3 is 0 Å².